The van der Waals surface area contributed by atoms with Crippen molar-refractivity contribution in [3.05, 3.63) is 37.9 Å². The molecule has 0 radical (unpaired) electrons. The molecule has 1 aromatic rings. The number of alkyl halides is 3. The predicted octanol–water partition coefficient (Wildman–Crippen LogP) is 2.50. The van der Waals surface area contributed by atoms with Crippen LogP contribution in [-0.2, 0) is 15.7 Å². The summed E-state index contributed by atoms with van der Waals surface area (Å²) in [4.78, 5) is 33.9. The number of halogens is 3. The number of nitrogens with zero attached hydrogens (tertiary/aromatic N) is 3. The smallest absolute Gasteiger partial charge is 0.383 e. The van der Waals surface area contributed by atoms with Gasteiger partial charge < -0.3 is 15.0 Å². The lowest BCUT2D eigenvalue weighted by Gasteiger charge is -2.32. The lowest BCUT2D eigenvalue weighted by atomic mass is 9.95. The number of amides is 1. The Balaban J connectivity index is 2.29. The Labute approximate surface area is 162 Å². The Morgan fingerprint density at radius 3 is 2.14 bits per heavy atom. The molecular weight excluding hydrogens is 401 g/mol. The van der Waals surface area contributed by atoms with Gasteiger partial charge in [-0.3, -0.25) is 25.0 Å². The van der Waals surface area contributed by atoms with Gasteiger partial charge in [0.05, 0.1) is 22.0 Å². The maximum atomic E-state index is 13.0. The van der Waals surface area contributed by atoms with Crippen molar-refractivity contribution < 1.29 is 32.5 Å². The highest BCUT2D eigenvalue weighted by molar-refractivity contribution is 5.80. The minimum absolute atomic E-state index is 0.0510. The van der Waals surface area contributed by atoms with Crippen molar-refractivity contribution in [2.75, 3.05) is 38.3 Å². The van der Waals surface area contributed by atoms with Crippen LogP contribution in [0.25, 0.3) is 0 Å². The molecule has 29 heavy (non-hydrogen) atoms. The number of benzene rings is 1. The number of rotatable bonds is 7. The monoisotopic (exact) mass is 420 g/mol. The Hall–Kier alpha value is -2.96. The predicted molar refractivity (Wildman–Crippen MR) is 94.6 cm³/mol. The normalized spacial score (nSPS) is 15.2. The fraction of sp³-hybridized carbons (Fsp3) is 0.562. The largest absolute Gasteiger partial charge is 0.416 e. The van der Waals surface area contributed by atoms with Crippen molar-refractivity contribution in [2.45, 2.75) is 19.0 Å². The van der Waals surface area contributed by atoms with Crippen LogP contribution in [0, 0.1) is 26.1 Å². The molecular formula is C16H19F3N4O6. The third kappa shape index (κ3) is 5.31. The summed E-state index contributed by atoms with van der Waals surface area (Å²) < 4.78 is 43.8. The van der Waals surface area contributed by atoms with Gasteiger partial charge in [-0.05, 0) is 12.8 Å². The van der Waals surface area contributed by atoms with Crippen molar-refractivity contribution in [1.82, 2.24) is 5.32 Å². The summed E-state index contributed by atoms with van der Waals surface area (Å²) in [5.41, 5.74) is -3.93. The number of piperidine rings is 1. The summed E-state index contributed by atoms with van der Waals surface area (Å²) >= 11 is 0. The van der Waals surface area contributed by atoms with E-state index in [1.807, 2.05) is 0 Å². The zero-order chi connectivity index (χ0) is 21.8. The van der Waals surface area contributed by atoms with Gasteiger partial charge in [-0.2, -0.15) is 13.2 Å². The van der Waals surface area contributed by atoms with E-state index in [0.29, 0.717) is 25.3 Å². The number of nitro groups is 2. The highest BCUT2D eigenvalue weighted by atomic mass is 19.4. The minimum Gasteiger partial charge on any atom is -0.383 e. The van der Waals surface area contributed by atoms with E-state index in [1.165, 1.54) is 12.0 Å². The molecule has 1 fully saturated rings. The molecule has 0 aliphatic carbocycles. The van der Waals surface area contributed by atoms with Gasteiger partial charge in [-0.15, -0.1) is 0 Å². The van der Waals surface area contributed by atoms with Gasteiger partial charge in [0, 0.05) is 44.8 Å². The van der Waals surface area contributed by atoms with Gasteiger partial charge in [0.25, 0.3) is 11.4 Å². The molecule has 1 aliphatic rings. The quantitative estimate of drug-likeness (QED) is 0.408. The molecule has 0 saturated carbocycles. The molecule has 0 aromatic heterocycles. The van der Waals surface area contributed by atoms with Crippen molar-refractivity contribution in [3.63, 3.8) is 0 Å². The van der Waals surface area contributed by atoms with Crippen molar-refractivity contribution in [2.24, 2.45) is 5.92 Å². The molecule has 1 amide bonds. The first-order chi connectivity index (χ1) is 13.6. The fourth-order valence-corrected chi connectivity index (χ4v) is 3.16. The number of carbonyl (C=O) groups excluding carboxylic acids is 1. The molecule has 13 heteroatoms. The number of hydrogen-bond donors (Lipinski definition) is 1. The van der Waals surface area contributed by atoms with E-state index < -0.39 is 44.6 Å². The third-order valence-electron chi connectivity index (χ3n) is 4.58. The Morgan fingerprint density at radius 2 is 1.72 bits per heavy atom. The maximum absolute atomic E-state index is 13.0. The number of anilines is 1. The van der Waals surface area contributed by atoms with Crippen LogP contribution in [-0.4, -0.2) is 49.1 Å². The lowest BCUT2D eigenvalue weighted by molar-refractivity contribution is -0.393. The van der Waals surface area contributed by atoms with Crippen LogP contribution >= 0.6 is 0 Å². The van der Waals surface area contributed by atoms with E-state index >= 15 is 0 Å². The zero-order valence-electron chi connectivity index (χ0n) is 15.4. The molecule has 1 N–H and O–H groups in total. The fourth-order valence-electron chi connectivity index (χ4n) is 3.16. The Bertz CT molecular complexity index is 758. The molecule has 0 unspecified atom stereocenters. The highest BCUT2D eigenvalue weighted by Gasteiger charge is 2.40. The van der Waals surface area contributed by atoms with E-state index in [2.05, 4.69) is 5.32 Å². The Kier molecular flexibility index (Phi) is 6.95. The summed E-state index contributed by atoms with van der Waals surface area (Å²) in [5, 5.41) is 25.4. The second-order valence-corrected chi connectivity index (χ2v) is 6.42. The Morgan fingerprint density at radius 1 is 1.21 bits per heavy atom. The first kappa shape index (κ1) is 22.3. The summed E-state index contributed by atoms with van der Waals surface area (Å²) in [5.74, 6) is -0.645. The molecule has 2 rings (SSSR count). The van der Waals surface area contributed by atoms with Gasteiger partial charge >= 0.3 is 6.18 Å². The van der Waals surface area contributed by atoms with Crippen LogP contribution in [0.15, 0.2) is 12.1 Å². The summed E-state index contributed by atoms with van der Waals surface area (Å²) in [6, 6.07) is 0.595. The van der Waals surface area contributed by atoms with Gasteiger partial charge in [-0.25, -0.2) is 0 Å². The summed E-state index contributed by atoms with van der Waals surface area (Å²) in [7, 11) is 1.48. The van der Waals surface area contributed by atoms with Gasteiger partial charge in [-0.1, -0.05) is 0 Å². The average Bonchev–Trinajstić information content (AvgIpc) is 2.66. The molecule has 0 spiro atoms. The molecule has 0 bridgehead atoms. The van der Waals surface area contributed by atoms with Crippen LogP contribution in [0.2, 0.25) is 0 Å². The molecule has 1 aliphatic heterocycles. The van der Waals surface area contributed by atoms with E-state index in [1.54, 1.807) is 0 Å². The number of ether oxygens (including phenoxy) is 1. The number of nitro benzene ring substituents is 2. The number of hydrogen-bond acceptors (Lipinski definition) is 7. The molecule has 160 valence electrons. The van der Waals surface area contributed by atoms with Crippen LogP contribution in [0.1, 0.15) is 18.4 Å². The zero-order valence-corrected chi connectivity index (χ0v) is 15.4. The van der Waals surface area contributed by atoms with E-state index in [9.17, 15) is 38.2 Å². The number of carbonyl (C=O) groups is 1. The van der Waals surface area contributed by atoms with Crippen molar-refractivity contribution in [3.8, 4) is 0 Å². The molecule has 10 nitrogen and oxygen atoms in total. The van der Waals surface area contributed by atoms with Crippen LogP contribution in [0.4, 0.5) is 30.2 Å². The van der Waals surface area contributed by atoms with Crippen molar-refractivity contribution in [1.29, 1.82) is 0 Å². The van der Waals surface area contributed by atoms with Crippen LogP contribution in [0.5, 0.6) is 0 Å². The lowest BCUT2D eigenvalue weighted by Crippen LogP contribution is -2.41. The maximum Gasteiger partial charge on any atom is 0.416 e. The van der Waals surface area contributed by atoms with Crippen LogP contribution in [0.3, 0.4) is 0 Å². The van der Waals surface area contributed by atoms with Gasteiger partial charge in [0.1, 0.15) is 0 Å². The van der Waals surface area contributed by atoms with Crippen molar-refractivity contribution >= 4 is 23.0 Å². The highest BCUT2D eigenvalue weighted by Crippen LogP contribution is 2.44. The SMILES string of the molecule is COCCNC(=O)C1CCN(c2c([N+](=O)[O-])cc(C(F)(F)F)cc2[N+](=O)[O-])CC1. The average molecular weight is 420 g/mol. The molecule has 1 aromatic carbocycles. The van der Waals surface area contributed by atoms with E-state index in [-0.39, 0.29) is 31.8 Å². The van der Waals surface area contributed by atoms with Crippen LogP contribution < -0.4 is 10.2 Å². The summed E-state index contributed by atoms with van der Waals surface area (Å²) in [6.07, 6.45) is -4.48. The topological polar surface area (TPSA) is 128 Å². The third-order valence-corrected chi connectivity index (χ3v) is 4.58. The second-order valence-electron chi connectivity index (χ2n) is 6.42. The minimum atomic E-state index is -4.97. The van der Waals surface area contributed by atoms with Gasteiger partial charge in [0.15, 0.2) is 5.69 Å². The molecule has 1 heterocycles. The first-order valence-electron chi connectivity index (χ1n) is 8.61. The standard InChI is InChI=1S/C16H19F3N4O6/c1-29-7-4-20-15(24)10-2-5-21(6-3-10)14-12(22(25)26)8-11(16(17,18)19)9-13(14)23(27)28/h8-10H,2-7H2,1H3,(H,20,24). The molecule has 1 saturated heterocycles. The van der Waals surface area contributed by atoms with E-state index in [0.717, 1.165) is 0 Å². The number of nitrogens with one attached hydrogen (secondary N) is 1. The van der Waals surface area contributed by atoms with E-state index in [4.69, 9.17) is 4.74 Å². The first-order valence-corrected chi connectivity index (χ1v) is 8.61. The number of methoxy groups -OCH3 is 1. The summed E-state index contributed by atoms with van der Waals surface area (Å²) in [6.45, 7) is 0.741. The molecule has 0 atom stereocenters. The second kappa shape index (κ2) is 9.03. The van der Waals surface area contributed by atoms with Gasteiger partial charge in [0.2, 0.25) is 5.91 Å².